The standard InChI is InChI=1S/C15H22N2O6S/c1-4-17(5-2)24(22,23)12-8-6-11(7-9-12)14(19)16-13(10(3)18)15(20)21/h6-10,13,18H,4-5H2,1-3H3,(H,16,19)(H,20,21)/t10-,13+/m0/s1. The number of nitrogens with zero attached hydrogens (tertiary/aromatic N) is 1. The van der Waals surface area contributed by atoms with Crippen LogP contribution < -0.4 is 5.32 Å². The lowest BCUT2D eigenvalue weighted by Gasteiger charge is -2.19. The molecule has 134 valence electrons. The maximum Gasteiger partial charge on any atom is 0.328 e. The molecular formula is C15H22N2O6S. The number of carboxylic acid groups (broad SMARTS) is 1. The Morgan fingerprint density at radius 1 is 1.17 bits per heavy atom. The topological polar surface area (TPSA) is 124 Å². The minimum Gasteiger partial charge on any atom is -0.480 e. The number of amides is 1. The highest BCUT2D eigenvalue weighted by molar-refractivity contribution is 7.89. The first kappa shape index (κ1) is 20.1. The van der Waals surface area contributed by atoms with Gasteiger partial charge in [-0.25, -0.2) is 13.2 Å². The smallest absolute Gasteiger partial charge is 0.328 e. The predicted octanol–water partition coefficient (Wildman–Crippen LogP) is 0.281. The van der Waals surface area contributed by atoms with E-state index in [0.29, 0.717) is 13.1 Å². The molecular weight excluding hydrogens is 336 g/mol. The van der Waals surface area contributed by atoms with Gasteiger partial charge >= 0.3 is 5.97 Å². The van der Waals surface area contributed by atoms with E-state index in [-0.39, 0.29) is 10.5 Å². The first-order valence-electron chi connectivity index (χ1n) is 7.47. The summed E-state index contributed by atoms with van der Waals surface area (Å²) >= 11 is 0. The number of hydrogen-bond acceptors (Lipinski definition) is 5. The zero-order valence-electron chi connectivity index (χ0n) is 13.8. The summed E-state index contributed by atoms with van der Waals surface area (Å²) in [6.45, 7) is 5.36. The minimum absolute atomic E-state index is 0.0491. The highest BCUT2D eigenvalue weighted by Crippen LogP contribution is 2.16. The van der Waals surface area contributed by atoms with E-state index in [4.69, 9.17) is 5.11 Å². The second-order valence-corrected chi connectivity index (χ2v) is 7.08. The summed E-state index contributed by atoms with van der Waals surface area (Å²) in [6.07, 6.45) is -1.27. The Bertz CT molecular complexity index is 680. The molecule has 3 N–H and O–H groups in total. The van der Waals surface area contributed by atoms with Gasteiger partial charge in [-0.2, -0.15) is 4.31 Å². The van der Waals surface area contributed by atoms with Crippen LogP contribution in [0.3, 0.4) is 0 Å². The van der Waals surface area contributed by atoms with Gasteiger partial charge in [-0.15, -0.1) is 0 Å². The maximum atomic E-state index is 12.3. The number of nitrogens with one attached hydrogen (secondary N) is 1. The largest absolute Gasteiger partial charge is 0.480 e. The molecule has 0 aliphatic rings. The van der Waals surface area contributed by atoms with Crippen molar-refractivity contribution >= 4 is 21.9 Å². The molecule has 1 aromatic rings. The maximum absolute atomic E-state index is 12.3. The molecule has 8 nitrogen and oxygen atoms in total. The summed E-state index contributed by atoms with van der Waals surface area (Å²) in [5.41, 5.74) is 0.0976. The number of hydrogen-bond donors (Lipinski definition) is 3. The summed E-state index contributed by atoms with van der Waals surface area (Å²) in [5, 5.41) is 20.5. The van der Waals surface area contributed by atoms with E-state index in [0.717, 1.165) is 0 Å². The van der Waals surface area contributed by atoms with Crippen molar-refractivity contribution in [2.45, 2.75) is 37.8 Å². The van der Waals surface area contributed by atoms with Gasteiger partial charge < -0.3 is 15.5 Å². The Morgan fingerprint density at radius 3 is 2.04 bits per heavy atom. The molecule has 0 spiro atoms. The van der Waals surface area contributed by atoms with Crippen molar-refractivity contribution in [2.75, 3.05) is 13.1 Å². The van der Waals surface area contributed by atoms with Crippen LogP contribution in [0.5, 0.6) is 0 Å². The monoisotopic (exact) mass is 358 g/mol. The van der Waals surface area contributed by atoms with Crippen molar-refractivity contribution in [3.05, 3.63) is 29.8 Å². The number of aliphatic carboxylic acids is 1. The van der Waals surface area contributed by atoms with Gasteiger partial charge in [0.1, 0.15) is 0 Å². The van der Waals surface area contributed by atoms with Crippen molar-refractivity contribution in [1.82, 2.24) is 9.62 Å². The molecule has 0 aromatic heterocycles. The molecule has 0 saturated carbocycles. The second-order valence-electron chi connectivity index (χ2n) is 5.14. The van der Waals surface area contributed by atoms with Crippen LogP contribution in [-0.4, -0.2) is 60.0 Å². The lowest BCUT2D eigenvalue weighted by Crippen LogP contribution is -2.47. The number of aliphatic hydroxyl groups excluding tert-OH is 1. The molecule has 0 fully saturated rings. The lowest BCUT2D eigenvalue weighted by atomic mass is 10.1. The zero-order chi connectivity index (χ0) is 18.5. The third-order valence-corrected chi connectivity index (χ3v) is 5.56. The highest BCUT2D eigenvalue weighted by Gasteiger charge is 2.26. The number of aliphatic hydroxyl groups is 1. The number of carbonyl (C=O) groups is 2. The summed E-state index contributed by atoms with van der Waals surface area (Å²) in [6, 6.07) is 3.73. The molecule has 9 heteroatoms. The van der Waals surface area contributed by atoms with Gasteiger partial charge in [0.15, 0.2) is 6.04 Å². The van der Waals surface area contributed by atoms with E-state index >= 15 is 0 Å². The molecule has 0 bridgehead atoms. The second kappa shape index (κ2) is 8.22. The van der Waals surface area contributed by atoms with Crippen molar-refractivity contribution in [3.63, 3.8) is 0 Å². The normalized spacial score (nSPS) is 14.2. The van der Waals surface area contributed by atoms with E-state index in [1.165, 1.54) is 35.5 Å². The molecule has 0 radical (unpaired) electrons. The first-order valence-corrected chi connectivity index (χ1v) is 8.91. The summed E-state index contributed by atoms with van der Waals surface area (Å²) in [5.74, 6) is -2.07. The fourth-order valence-corrected chi connectivity index (χ4v) is 3.56. The highest BCUT2D eigenvalue weighted by atomic mass is 32.2. The van der Waals surface area contributed by atoms with Gasteiger partial charge in [0, 0.05) is 18.7 Å². The van der Waals surface area contributed by atoms with Gasteiger partial charge in [0.2, 0.25) is 10.0 Å². The average Bonchev–Trinajstić information content (AvgIpc) is 2.52. The fourth-order valence-electron chi connectivity index (χ4n) is 2.10. The summed E-state index contributed by atoms with van der Waals surface area (Å²) in [7, 11) is -3.63. The third kappa shape index (κ3) is 4.53. The van der Waals surface area contributed by atoms with Crippen LogP contribution in [0.4, 0.5) is 0 Å². The Labute approximate surface area is 141 Å². The minimum atomic E-state index is -3.63. The molecule has 1 aromatic carbocycles. The molecule has 0 saturated heterocycles. The average molecular weight is 358 g/mol. The summed E-state index contributed by atoms with van der Waals surface area (Å²) in [4.78, 5) is 23.0. The third-order valence-electron chi connectivity index (χ3n) is 3.49. The van der Waals surface area contributed by atoms with Crippen molar-refractivity contribution in [2.24, 2.45) is 0 Å². The predicted molar refractivity (Wildman–Crippen MR) is 87.1 cm³/mol. The molecule has 2 atom stereocenters. The van der Waals surface area contributed by atoms with Gasteiger partial charge in [-0.3, -0.25) is 4.79 Å². The zero-order valence-corrected chi connectivity index (χ0v) is 14.6. The van der Waals surface area contributed by atoms with Crippen LogP contribution in [0.15, 0.2) is 29.2 Å². The van der Waals surface area contributed by atoms with E-state index in [9.17, 15) is 23.1 Å². The van der Waals surface area contributed by atoms with E-state index < -0.39 is 34.0 Å². The van der Waals surface area contributed by atoms with Crippen molar-refractivity contribution in [3.8, 4) is 0 Å². The molecule has 0 unspecified atom stereocenters. The van der Waals surface area contributed by atoms with Crippen molar-refractivity contribution in [1.29, 1.82) is 0 Å². The van der Waals surface area contributed by atoms with E-state index in [1.807, 2.05) is 0 Å². The Hall–Kier alpha value is -1.97. The lowest BCUT2D eigenvalue weighted by molar-refractivity contribution is -0.141. The van der Waals surface area contributed by atoms with Crippen LogP contribution in [-0.2, 0) is 14.8 Å². The van der Waals surface area contributed by atoms with Crippen molar-refractivity contribution < 1.29 is 28.2 Å². The van der Waals surface area contributed by atoms with E-state index in [1.54, 1.807) is 13.8 Å². The van der Waals surface area contributed by atoms with Crippen LogP contribution in [0, 0.1) is 0 Å². The Kier molecular flexibility index (Phi) is 6.88. The quantitative estimate of drug-likeness (QED) is 0.613. The number of sulfonamides is 1. The number of benzene rings is 1. The molecule has 0 aliphatic carbocycles. The van der Waals surface area contributed by atoms with Crippen LogP contribution in [0.2, 0.25) is 0 Å². The Morgan fingerprint density at radius 2 is 1.67 bits per heavy atom. The molecule has 24 heavy (non-hydrogen) atoms. The van der Waals surface area contributed by atoms with Crippen LogP contribution >= 0.6 is 0 Å². The van der Waals surface area contributed by atoms with Gasteiger partial charge in [0.05, 0.1) is 11.0 Å². The number of rotatable bonds is 8. The van der Waals surface area contributed by atoms with Gasteiger partial charge in [-0.05, 0) is 31.2 Å². The molecule has 0 aliphatic heterocycles. The Balaban J connectivity index is 2.99. The van der Waals surface area contributed by atoms with Crippen LogP contribution in [0.25, 0.3) is 0 Å². The van der Waals surface area contributed by atoms with Gasteiger partial charge in [-0.1, -0.05) is 13.8 Å². The summed E-state index contributed by atoms with van der Waals surface area (Å²) < 4.78 is 26.0. The first-order chi connectivity index (χ1) is 11.1. The van der Waals surface area contributed by atoms with Crippen LogP contribution in [0.1, 0.15) is 31.1 Å². The number of carboxylic acids is 1. The fraction of sp³-hybridized carbons (Fsp3) is 0.467. The van der Waals surface area contributed by atoms with Gasteiger partial charge in [0.25, 0.3) is 5.91 Å². The SMILES string of the molecule is CCN(CC)S(=O)(=O)c1ccc(C(=O)N[C@@H](C(=O)O)[C@H](C)O)cc1. The molecule has 0 heterocycles. The molecule has 1 rings (SSSR count). The molecule has 1 amide bonds. The number of carbonyl (C=O) groups excluding carboxylic acids is 1. The van der Waals surface area contributed by atoms with E-state index in [2.05, 4.69) is 5.32 Å².